The Hall–Kier alpha value is -8.92. The van der Waals surface area contributed by atoms with E-state index < -0.39 is 0 Å². The van der Waals surface area contributed by atoms with Crippen LogP contribution in [0.15, 0.2) is 182 Å². The van der Waals surface area contributed by atoms with Crippen LogP contribution in [0.5, 0.6) is 0 Å². The third kappa shape index (κ3) is 11.0. The van der Waals surface area contributed by atoms with Gasteiger partial charge in [0, 0.05) is 43.8 Å². The van der Waals surface area contributed by atoms with E-state index in [1.807, 2.05) is 12.1 Å². The molecular formula is C82H84N6. The van der Waals surface area contributed by atoms with Crippen LogP contribution in [-0.2, 0) is 32.5 Å². The van der Waals surface area contributed by atoms with Crippen LogP contribution < -0.4 is 0 Å². The summed E-state index contributed by atoms with van der Waals surface area (Å²) >= 11 is 0. The topological polar surface area (TPSA) is 72.3 Å². The molecule has 6 nitrogen and oxygen atoms in total. The molecule has 442 valence electrons. The van der Waals surface area contributed by atoms with Crippen molar-refractivity contribution in [2.45, 2.75) is 157 Å². The Morgan fingerprint density at radius 2 is 0.636 bits per heavy atom. The van der Waals surface area contributed by atoms with Crippen LogP contribution in [-0.4, -0.2) is 24.1 Å². The van der Waals surface area contributed by atoms with Gasteiger partial charge in [0.15, 0.2) is 17.5 Å². The first-order valence-corrected chi connectivity index (χ1v) is 31.3. The Balaban J connectivity index is 1.23. The van der Waals surface area contributed by atoms with E-state index in [2.05, 4.69) is 310 Å². The van der Waals surface area contributed by atoms with Crippen LogP contribution in [0.25, 0.3) is 111 Å². The first kappa shape index (κ1) is 59.4. The lowest BCUT2D eigenvalue weighted by Gasteiger charge is -2.26. The van der Waals surface area contributed by atoms with Crippen LogP contribution in [0.3, 0.4) is 0 Å². The number of fused-ring (bicyclic) bond motifs is 6. The van der Waals surface area contributed by atoms with E-state index in [0.717, 1.165) is 72.4 Å². The lowest BCUT2D eigenvalue weighted by Crippen LogP contribution is -2.17. The van der Waals surface area contributed by atoms with Crippen LogP contribution in [0.4, 0.5) is 0 Å². The molecule has 0 amide bonds. The van der Waals surface area contributed by atoms with E-state index in [1.165, 1.54) is 54.9 Å². The molecule has 6 heteroatoms. The molecule has 3 aromatic heterocycles. The molecule has 0 spiro atoms. The molecule has 0 aliphatic heterocycles. The van der Waals surface area contributed by atoms with Crippen LogP contribution >= 0.6 is 0 Å². The highest BCUT2D eigenvalue weighted by atomic mass is 15.1. The van der Waals surface area contributed by atoms with Gasteiger partial charge in [-0.1, -0.05) is 210 Å². The quantitative estimate of drug-likeness (QED) is 0.159. The largest absolute Gasteiger partial charge is 0.309 e. The van der Waals surface area contributed by atoms with Crippen molar-refractivity contribution in [3.8, 4) is 73.9 Å². The van der Waals surface area contributed by atoms with Gasteiger partial charge in [0.1, 0.15) is 0 Å². The Morgan fingerprint density at radius 3 is 1.05 bits per heavy atom. The molecule has 12 rings (SSSR count). The summed E-state index contributed by atoms with van der Waals surface area (Å²) < 4.78 is 4.88. The summed E-state index contributed by atoms with van der Waals surface area (Å²) in [6.07, 6.45) is 0. The van der Waals surface area contributed by atoms with Crippen molar-refractivity contribution in [3.63, 3.8) is 0 Å². The summed E-state index contributed by atoms with van der Waals surface area (Å²) in [6, 6.07) is 69.6. The Bertz CT molecular complexity index is 4620. The minimum absolute atomic E-state index is 0.0437. The average molecular weight is 1150 g/mol. The molecule has 0 fully saturated rings. The van der Waals surface area contributed by atoms with Crippen molar-refractivity contribution in [2.75, 3.05) is 0 Å². The summed E-state index contributed by atoms with van der Waals surface area (Å²) in [5, 5.41) is 14.7. The second-order valence-corrected chi connectivity index (χ2v) is 30.7. The van der Waals surface area contributed by atoms with Crippen LogP contribution in [0.2, 0.25) is 0 Å². The van der Waals surface area contributed by atoms with Crippen molar-refractivity contribution in [1.29, 1.82) is 5.26 Å². The minimum Gasteiger partial charge on any atom is -0.309 e. The number of aromatic nitrogens is 5. The summed E-state index contributed by atoms with van der Waals surface area (Å²) in [5.41, 5.74) is 20.6. The third-order valence-corrected chi connectivity index (χ3v) is 17.9. The van der Waals surface area contributed by atoms with Crippen molar-refractivity contribution in [3.05, 3.63) is 221 Å². The third-order valence-electron chi connectivity index (χ3n) is 17.9. The van der Waals surface area contributed by atoms with Gasteiger partial charge in [-0.05, 0) is 180 Å². The van der Waals surface area contributed by atoms with Gasteiger partial charge in [-0.2, -0.15) is 5.26 Å². The van der Waals surface area contributed by atoms with Crippen molar-refractivity contribution in [1.82, 2.24) is 24.1 Å². The number of rotatable bonds is 7. The second kappa shape index (κ2) is 21.2. The fraction of sp³-hybridized carbons (Fsp3) is 0.293. The first-order valence-electron chi connectivity index (χ1n) is 31.3. The maximum atomic E-state index is 9.91. The van der Waals surface area contributed by atoms with Gasteiger partial charge in [0.2, 0.25) is 0 Å². The van der Waals surface area contributed by atoms with Gasteiger partial charge in [-0.3, -0.25) is 0 Å². The van der Waals surface area contributed by atoms with Gasteiger partial charge in [0.05, 0.1) is 45.1 Å². The van der Waals surface area contributed by atoms with Gasteiger partial charge in [-0.25, -0.2) is 15.0 Å². The van der Waals surface area contributed by atoms with Crippen LogP contribution in [0.1, 0.15) is 164 Å². The van der Waals surface area contributed by atoms with E-state index in [1.54, 1.807) is 0 Å². The van der Waals surface area contributed by atoms with E-state index in [0.29, 0.717) is 23.0 Å². The zero-order valence-corrected chi connectivity index (χ0v) is 55.0. The zero-order chi connectivity index (χ0) is 62.8. The molecule has 0 radical (unpaired) electrons. The Kier molecular flexibility index (Phi) is 14.3. The van der Waals surface area contributed by atoms with E-state index in [4.69, 9.17) is 15.0 Å². The summed E-state index contributed by atoms with van der Waals surface area (Å²) in [6.45, 7) is 41.2. The number of hydrogen-bond donors (Lipinski definition) is 0. The maximum absolute atomic E-state index is 9.91. The highest BCUT2D eigenvalue weighted by molar-refractivity contribution is 6.11. The highest BCUT2D eigenvalue weighted by Crippen LogP contribution is 2.45. The molecule has 0 unspecified atom stereocenters. The molecule has 3 heterocycles. The van der Waals surface area contributed by atoms with Crippen molar-refractivity contribution in [2.24, 2.45) is 0 Å². The fourth-order valence-electron chi connectivity index (χ4n) is 12.4. The molecule has 9 aromatic carbocycles. The summed E-state index contributed by atoms with van der Waals surface area (Å²) in [4.78, 5) is 17.2. The number of hydrogen-bond acceptors (Lipinski definition) is 4. The molecule has 0 saturated carbocycles. The second-order valence-electron chi connectivity index (χ2n) is 30.7. The molecule has 88 heavy (non-hydrogen) atoms. The smallest absolute Gasteiger partial charge is 0.166 e. The molecule has 0 atom stereocenters. The molecular weight excluding hydrogens is 1070 g/mol. The number of nitrogens with zero attached hydrogens (tertiary/aromatic N) is 6. The zero-order valence-electron chi connectivity index (χ0n) is 55.0. The maximum Gasteiger partial charge on any atom is 0.166 e. The predicted molar refractivity (Wildman–Crippen MR) is 373 cm³/mol. The van der Waals surface area contributed by atoms with Crippen LogP contribution in [0, 0.1) is 11.3 Å². The fourth-order valence-corrected chi connectivity index (χ4v) is 12.4. The van der Waals surface area contributed by atoms with Gasteiger partial charge >= 0.3 is 0 Å². The standard InChI is InChI=1S/C82H84N6/c1-77(2,3)56-33-37-71-65(47-56)62-23-19-21-25-68(62)87(71)70-35-31-52(51-29-27-50(49-83)28-30-51)43-64(70)53-32-36-73(88-69-26-22-20-24-63(69)66-48-57(78(4,5)6)34-38-72(66)88)67(44-53)76-85-74(54-39-58(79(7,8)9)45-59(40-54)80(10,11)12)84-75(86-76)55-41-60(81(13,14)15)46-61(42-55)82(16,17)18/h19-48H,1-18H3. The Labute approximate surface area is 522 Å². The number of benzene rings is 9. The van der Waals surface area contributed by atoms with E-state index >= 15 is 0 Å². The highest BCUT2D eigenvalue weighted by Gasteiger charge is 2.29. The van der Waals surface area contributed by atoms with Gasteiger partial charge < -0.3 is 9.13 Å². The number of para-hydroxylation sites is 2. The predicted octanol–water partition coefficient (Wildman–Crippen LogP) is 22.1. The lowest BCUT2D eigenvalue weighted by atomic mass is 9.79. The molecule has 12 aromatic rings. The molecule has 0 aliphatic rings. The monoisotopic (exact) mass is 1150 g/mol. The number of nitriles is 1. The lowest BCUT2D eigenvalue weighted by molar-refractivity contribution is 0.568. The SMILES string of the molecule is CC(C)(C)c1cc(-c2nc(-c3cc(C(C)(C)C)cc(C(C)(C)C)c3)nc(-c3cc(-c4cc(-c5ccc(C#N)cc5)ccc4-n4c5ccccc5c5cc(C(C)(C)C)ccc54)ccc3-n3c4ccccc4c4cc(C(C)(C)C)ccc43)n2)cc(C(C)(C)C)c1. The minimum atomic E-state index is -0.155. The molecule has 0 bridgehead atoms. The normalized spacial score (nSPS) is 12.9. The first-order chi connectivity index (χ1) is 41.3. The van der Waals surface area contributed by atoms with Gasteiger partial charge in [-0.15, -0.1) is 0 Å². The summed E-state index contributed by atoms with van der Waals surface area (Å²) in [5.74, 6) is 1.81. The summed E-state index contributed by atoms with van der Waals surface area (Å²) in [7, 11) is 0. The van der Waals surface area contributed by atoms with Crippen molar-refractivity contribution >= 4 is 43.6 Å². The van der Waals surface area contributed by atoms with Gasteiger partial charge in [0.25, 0.3) is 0 Å². The molecule has 0 saturated heterocycles. The van der Waals surface area contributed by atoms with E-state index in [-0.39, 0.29) is 32.5 Å². The molecule has 0 N–H and O–H groups in total. The average Bonchev–Trinajstić information content (AvgIpc) is 1.56. The molecule has 0 aliphatic carbocycles. The van der Waals surface area contributed by atoms with E-state index in [9.17, 15) is 5.26 Å². The van der Waals surface area contributed by atoms with Crippen molar-refractivity contribution < 1.29 is 0 Å². The Morgan fingerprint density at radius 1 is 0.284 bits per heavy atom.